The van der Waals surface area contributed by atoms with Crippen molar-refractivity contribution in [2.45, 2.75) is 5.75 Å². The van der Waals surface area contributed by atoms with Gasteiger partial charge in [-0.15, -0.1) is 0 Å². The number of halogens is 1. The Bertz CT molecular complexity index is 1040. The summed E-state index contributed by atoms with van der Waals surface area (Å²) in [6.07, 6.45) is 0. The molecule has 0 saturated carbocycles. The Balaban J connectivity index is 1.88. The maximum absolute atomic E-state index is 12.3. The third kappa shape index (κ3) is 3.41. The summed E-state index contributed by atoms with van der Waals surface area (Å²) in [7, 11) is -1.91. The Morgan fingerprint density at radius 3 is 2.70 bits per heavy atom. The van der Waals surface area contributed by atoms with Crippen LogP contribution in [-0.2, 0) is 22.8 Å². The number of hydrogen-bond acceptors (Lipinski definition) is 4. The highest BCUT2D eigenvalue weighted by atomic mass is 35.5. The van der Waals surface area contributed by atoms with E-state index in [4.69, 9.17) is 11.6 Å². The van der Waals surface area contributed by atoms with E-state index >= 15 is 0 Å². The van der Waals surface area contributed by atoms with Crippen LogP contribution in [0.5, 0.6) is 0 Å². The van der Waals surface area contributed by atoms with Crippen LogP contribution in [-0.4, -0.2) is 13.0 Å². The Kier molecular flexibility index (Phi) is 4.18. The molecule has 5 nitrogen and oxygen atoms in total. The van der Waals surface area contributed by atoms with Crippen molar-refractivity contribution < 1.29 is 8.42 Å². The predicted octanol–water partition coefficient (Wildman–Crippen LogP) is 3.20. The average Bonchev–Trinajstić information content (AvgIpc) is 2.75. The van der Waals surface area contributed by atoms with Crippen LogP contribution in [0.15, 0.2) is 47.3 Å². The molecule has 0 amide bonds. The zero-order chi connectivity index (χ0) is 16.6. The summed E-state index contributed by atoms with van der Waals surface area (Å²) in [5, 5.41) is 0.412. The maximum Gasteiger partial charge on any atom is 0.307 e. The minimum Gasteiger partial charge on any atom is -0.302 e. The Hall–Kier alpha value is -1.83. The number of sulfonamides is 1. The number of aromatic nitrogens is 1. The summed E-state index contributed by atoms with van der Waals surface area (Å²) in [5.41, 5.74) is 1.73. The summed E-state index contributed by atoms with van der Waals surface area (Å²) in [5.74, 6) is -0.213. The SMILES string of the molecule is Cn1c(=O)sc2cc(NS(=O)(=O)Cc3ccccc3Cl)ccc21. The molecule has 0 atom stereocenters. The number of anilines is 1. The Morgan fingerprint density at radius 1 is 1.22 bits per heavy atom. The van der Waals surface area contributed by atoms with E-state index < -0.39 is 10.0 Å². The van der Waals surface area contributed by atoms with Gasteiger partial charge < -0.3 is 4.57 Å². The first-order valence-electron chi connectivity index (χ1n) is 6.69. The number of nitrogens with zero attached hydrogens (tertiary/aromatic N) is 1. The molecule has 1 heterocycles. The molecule has 0 spiro atoms. The number of hydrogen-bond donors (Lipinski definition) is 1. The summed E-state index contributed by atoms with van der Waals surface area (Å²) >= 11 is 7.08. The number of thiazole rings is 1. The fourth-order valence-corrected chi connectivity index (χ4v) is 4.65. The summed E-state index contributed by atoms with van der Waals surface area (Å²) in [4.78, 5) is 11.6. The standard InChI is InChI=1S/C15H13ClN2O3S2/c1-18-13-7-6-11(8-14(13)22-15(18)19)17-23(20,21)9-10-4-2-3-5-12(10)16/h2-8,17H,9H2,1H3. The van der Waals surface area contributed by atoms with Gasteiger partial charge in [-0.1, -0.05) is 41.1 Å². The molecule has 3 rings (SSSR count). The molecule has 23 heavy (non-hydrogen) atoms. The van der Waals surface area contributed by atoms with E-state index in [0.717, 1.165) is 21.6 Å². The minimum absolute atomic E-state index is 0.0870. The van der Waals surface area contributed by atoms with Gasteiger partial charge in [0.05, 0.1) is 21.7 Å². The minimum atomic E-state index is -3.60. The molecule has 2 aromatic carbocycles. The average molecular weight is 369 g/mol. The van der Waals surface area contributed by atoms with Gasteiger partial charge in [-0.05, 0) is 29.8 Å². The lowest BCUT2D eigenvalue weighted by Crippen LogP contribution is -2.15. The summed E-state index contributed by atoms with van der Waals surface area (Å²) < 4.78 is 29.4. The molecular formula is C15H13ClN2O3S2. The van der Waals surface area contributed by atoms with Gasteiger partial charge in [0.25, 0.3) is 0 Å². The first-order chi connectivity index (χ1) is 10.9. The number of aryl methyl sites for hydroxylation is 1. The maximum atomic E-state index is 12.3. The lowest BCUT2D eigenvalue weighted by atomic mass is 10.2. The van der Waals surface area contributed by atoms with Crippen molar-refractivity contribution in [2.24, 2.45) is 7.05 Å². The van der Waals surface area contributed by atoms with Gasteiger partial charge in [0.15, 0.2) is 0 Å². The van der Waals surface area contributed by atoms with Gasteiger partial charge in [0, 0.05) is 12.1 Å². The molecule has 8 heteroatoms. The van der Waals surface area contributed by atoms with Crippen molar-refractivity contribution in [1.82, 2.24) is 4.57 Å². The Labute approximate surface area is 142 Å². The molecule has 1 aromatic heterocycles. The number of benzene rings is 2. The zero-order valence-electron chi connectivity index (χ0n) is 12.1. The van der Waals surface area contributed by atoms with Crippen LogP contribution in [0.3, 0.4) is 0 Å². The van der Waals surface area contributed by atoms with Crippen molar-refractivity contribution in [1.29, 1.82) is 0 Å². The number of nitrogens with one attached hydrogen (secondary N) is 1. The van der Waals surface area contributed by atoms with Gasteiger partial charge in [0.2, 0.25) is 10.0 Å². The summed E-state index contributed by atoms with van der Waals surface area (Å²) in [6, 6.07) is 11.8. The molecule has 120 valence electrons. The van der Waals surface area contributed by atoms with E-state index in [1.54, 1.807) is 49.5 Å². The molecule has 0 aliphatic rings. The molecular weight excluding hydrogens is 356 g/mol. The van der Waals surface area contributed by atoms with Crippen LogP contribution >= 0.6 is 22.9 Å². The fraction of sp³-hybridized carbons (Fsp3) is 0.133. The van der Waals surface area contributed by atoms with Gasteiger partial charge in [-0.2, -0.15) is 0 Å². The van der Waals surface area contributed by atoms with Crippen molar-refractivity contribution in [3.63, 3.8) is 0 Å². The van der Waals surface area contributed by atoms with E-state index in [0.29, 0.717) is 16.3 Å². The second kappa shape index (κ2) is 5.99. The first kappa shape index (κ1) is 16.0. The van der Waals surface area contributed by atoms with Crippen molar-refractivity contribution >= 4 is 48.9 Å². The quantitative estimate of drug-likeness (QED) is 0.768. The van der Waals surface area contributed by atoms with Crippen LogP contribution in [0.2, 0.25) is 5.02 Å². The Morgan fingerprint density at radius 2 is 1.96 bits per heavy atom. The lowest BCUT2D eigenvalue weighted by Gasteiger charge is -2.09. The zero-order valence-corrected chi connectivity index (χ0v) is 14.5. The summed E-state index contributed by atoms with van der Waals surface area (Å²) in [6.45, 7) is 0. The second-order valence-corrected chi connectivity index (χ2v) is 8.18. The lowest BCUT2D eigenvalue weighted by molar-refractivity contribution is 0.600. The molecule has 0 aliphatic heterocycles. The molecule has 3 aromatic rings. The van der Waals surface area contributed by atoms with Crippen LogP contribution in [0.4, 0.5) is 5.69 Å². The van der Waals surface area contributed by atoms with Gasteiger partial charge in [-0.3, -0.25) is 9.52 Å². The molecule has 0 fully saturated rings. The number of rotatable bonds is 4. The smallest absolute Gasteiger partial charge is 0.302 e. The van der Waals surface area contributed by atoms with Crippen molar-refractivity contribution in [3.8, 4) is 0 Å². The predicted molar refractivity (Wildman–Crippen MR) is 94.8 cm³/mol. The van der Waals surface area contributed by atoms with E-state index in [-0.39, 0.29) is 10.6 Å². The third-order valence-corrected chi connectivity index (χ3v) is 5.97. The third-order valence-electron chi connectivity index (χ3n) is 3.37. The highest BCUT2D eigenvalue weighted by molar-refractivity contribution is 7.91. The largest absolute Gasteiger partial charge is 0.307 e. The molecule has 0 saturated heterocycles. The first-order valence-corrected chi connectivity index (χ1v) is 9.54. The topological polar surface area (TPSA) is 68.2 Å². The van der Waals surface area contributed by atoms with E-state index in [9.17, 15) is 13.2 Å². The van der Waals surface area contributed by atoms with Crippen molar-refractivity contribution in [2.75, 3.05) is 4.72 Å². The second-order valence-electron chi connectivity index (χ2n) is 5.06. The molecule has 0 radical (unpaired) electrons. The van der Waals surface area contributed by atoms with E-state index in [1.165, 1.54) is 4.57 Å². The van der Waals surface area contributed by atoms with Crippen LogP contribution in [0.1, 0.15) is 5.56 Å². The monoisotopic (exact) mass is 368 g/mol. The van der Waals surface area contributed by atoms with E-state index in [2.05, 4.69) is 4.72 Å². The van der Waals surface area contributed by atoms with Gasteiger partial charge in [0.1, 0.15) is 0 Å². The van der Waals surface area contributed by atoms with Gasteiger partial charge >= 0.3 is 4.87 Å². The van der Waals surface area contributed by atoms with Gasteiger partial charge in [-0.25, -0.2) is 8.42 Å². The fourth-order valence-electron chi connectivity index (χ4n) is 2.23. The number of fused-ring (bicyclic) bond motifs is 1. The molecule has 1 N–H and O–H groups in total. The van der Waals surface area contributed by atoms with Crippen LogP contribution < -0.4 is 9.60 Å². The highest BCUT2D eigenvalue weighted by Crippen LogP contribution is 2.23. The van der Waals surface area contributed by atoms with E-state index in [1.807, 2.05) is 0 Å². The highest BCUT2D eigenvalue weighted by Gasteiger charge is 2.14. The normalized spacial score (nSPS) is 11.7. The van der Waals surface area contributed by atoms with Crippen LogP contribution in [0.25, 0.3) is 10.2 Å². The van der Waals surface area contributed by atoms with Crippen molar-refractivity contribution in [3.05, 3.63) is 62.7 Å². The van der Waals surface area contributed by atoms with Crippen LogP contribution in [0, 0.1) is 0 Å². The molecule has 0 aliphatic carbocycles. The molecule has 0 unspecified atom stereocenters. The molecule has 0 bridgehead atoms.